The number of ether oxygens (including phenoxy) is 1. The van der Waals surface area contributed by atoms with Crippen LogP contribution in [0.15, 0.2) is 47.8 Å². The highest BCUT2D eigenvalue weighted by molar-refractivity contribution is 7.12. The maximum absolute atomic E-state index is 11.9. The zero-order valence-electron chi connectivity index (χ0n) is 13.0. The zero-order chi connectivity index (χ0) is 16.5. The molecule has 2 N–H and O–H groups in total. The summed E-state index contributed by atoms with van der Waals surface area (Å²) in [7, 11) is 0. The monoisotopic (exact) mass is 332 g/mol. The molecule has 0 fully saturated rings. The molecule has 23 heavy (non-hydrogen) atoms. The van der Waals surface area contributed by atoms with Crippen LogP contribution in [0.5, 0.6) is 0 Å². The van der Waals surface area contributed by atoms with Crippen LogP contribution in [0.1, 0.15) is 22.2 Å². The van der Waals surface area contributed by atoms with Crippen LogP contribution in [0, 0.1) is 0 Å². The first-order valence-electron chi connectivity index (χ1n) is 7.42. The van der Waals surface area contributed by atoms with E-state index in [4.69, 9.17) is 4.74 Å². The predicted octanol–water partition coefficient (Wildman–Crippen LogP) is 2.20. The van der Waals surface area contributed by atoms with Gasteiger partial charge in [0, 0.05) is 13.1 Å². The largest absolute Gasteiger partial charge is 0.364 e. The number of benzene rings is 1. The summed E-state index contributed by atoms with van der Waals surface area (Å²) in [6.07, 6.45) is -0.539. The van der Waals surface area contributed by atoms with Crippen LogP contribution in [0.25, 0.3) is 0 Å². The van der Waals surface area contributed by atoms with Gasteiger partial charge in [-0.05, 0) is 23.9 Å². The highest BCUT2D eigenvalue weighted by Gasteiger charge is 2.13. The minimum Gasteiger partial charge on any atom is -0.364 e. The van der Waals surface area contributed by atoms with Gasteiger partial charge in [-0.15, -0.1) is 11.3 Å². The lowest BCUT2D eigenvalue weighted by Gasteiger charge is -2.13. The molecular formula is C17H20N2O3S. The van der Waals surface area contributed by atoms with Crippen LogP contribution in [0.3, 0.4) is 0 Å². The molecule has 1 aromatic carbocycles. The van der Waals surface area contributed by atoms with Crippen molar-refractivity contribution < 1.29 is 14.3 Å². The van der Waals surface area contributed by atoms with Crippen LogP contribution in [-0.4, -0.2) is 31.0 Å². The molecule has 0 radical (unpaired) electrons. The van der Waals surface area contributed by atoms with E-state index in [1.54, 1.807) is 13.0 Å². The summed E-state index contributed by atoms with van der Waals surface area (Å²) in [4.78, 5) is 24.3. The molecule has 0 saturated heterocycles. The maximum atomic E-state index is 11.9. The van der Waals surface area contributed by atoms with Crippen molar-refractivity contribution in [1.29, 1.82) is 0 Å². The van der Waals surface area contributed by atoms with Gasteiger partial charge in [-0.25, -0.2) is 0 Å². The van der Waals surface area contributed by atoms with Crippen LogP contribution >= 0.6 is 11.3 Å². The summed E-state index contributed by atoms with van der Waals surface area (Å²) in [6, 6.07) is 13.3. The Hall–Kier alpha value is -2.18. The third kappa shape index (κ3) is 5.84. The molecule has 0 aliphatic heterocycles. The van der Waals surface area contributed by atoms with Gasteiger partial charge in [-0.1, -0.05) is 36.4 Å². The summed E-state index contributed by atoms with van der Waals surface area (Å²) in [5.74, 6) is -0.311. The second kappa shape index (κ2) is 9.07. The van der Waals surface area contributed by atoms with Gasteiger partial charge >= 0.3 is 0 Å². The van der Waals surface area contributed by atoms with Crippen molar-refractivity contribution in [3.63, 3.8) is 0 Å². The summed E-state index contributed by atoms with van der Waals surface area (Å²) in [5, 5.41) is 7.35. The Morgan fingerprint density at radius 3 is 2.52 bits per heavy atom. The topological polar surface area (TPSA) is 67.4 Å². The second-order valence-corrected chi connectivity index (χ2v) is 5.91. The Morgan fingerprint density at radius 2 is 1.83 bits per heavy atom. The summed E-state index contributed by atoms with van der Waals surface area (Å²) < 4.78 is 5.53. The number of rotatable bonds is 8. The molecule has 0 bridgehead atoms. The summed E-state index contributed by atoms with van der Waals surface area (Å²) in [5.41, 5.74) is 1.02. The van der Waals surface area contributed by atoms with Gasteiger partial charge in [0.15, 0.2) is 0 Å². The van der Waals surface area contributed by atoms with Gasteiger partial charge in [-0.2, -0.15) is 0 Å². The molecule has 0 spiro atoms. The average Bonchev–Trinajstić information content (AvgIpc) is 3.11. The highest BCUT2D eigenvalue weighted by atomic mass is 32.1. The lowest BCUT2D eigenvalue weighted by molar-refractivity contribution is -0.132. The lowest BCUT2D eigenvalue weighted by Crippen LogP contribution is -2.39. The SMILES string of the molecule is C[C@H](OCc1ccccc1)C(=O)NCCNC(=O)c1cccs1. The molecule has 0 unspecified atom stereocenters. The number of carbonyl (C=O) groups is 2. The summed E-state index contributed by atoms with van der Waals surface area (Å²) in [6.45, 7) is 2.86. The van der Waals surface area contributed by atoms with Crippen molar-refractivity contribution in [2.75, 3.05) is 13.1 Å². The van der Waals surface area contributed by atoms with E-state index in [1.165, 1.54) is 11.3 Å². The number of thiophene rings is 1. The normalized spacial score (nSPS) is 11.7. The number of hydrogen-bond acceptors (Lipinski definition) is 4. The first-order valence-corrected chi connectivity index (χ1v) is 8.29. The standard InChI is InChI=1S/C17H20N2O3S/c1-13(22-12-14-6-3-2-4-7-14)16(20)18-9-10-19-17(21)15-8-5-11-23-15/h2-8,11,13H,9-10,12H2,1H3,(H,18,20)(H,19,21)/t13-/m0/s1. The molecule has 6 heteroatoms. The second-order valence-electron chi connectivity index (χ2n) is 4.96. The first kappa shape index (κ1) is 17.2. The maximum Gasteiger partial charge on any atom is 0.261 e. The molecule has 2 rings (SSSR count). The Morgan fingerprint density at radius 1 is 1.09 bits per heavy atom. The van der Waals surface area contributed by atoms with Crippen molar-refractivity contribution in [1.82, 2.24) is 10.6 Å². The quantitative estimate of drug-likeness (QED) is 0.728. The Bertz CT molecular complexity index is 614. The number of carbonyl (C=O) groups excluding carboxylic acids is 2. The van der Waals surface area contributed by atoms with Crippen LogP contribution in [0.2, 0.25) is 0 Å². The molecular weight excluding hydrogens is 312 g/mol. The fourth-order valence-electron chi connectivity index (χ4n) is 1.87. The van der Waals surface area contributed by atoms with Crippen LogP contribution in [0.4, 0.5) is 0 Å². The fraction of sp³-hybridized carbons (Fsp3) is 0.294. The van der Waals surface area contributed by atoms with E-state index in [0.717, 1.165) is 5.56 Å². The van der Waals surface area contributed by atoms with E-state index in [-0.39, 0.29) is 11.8 Å². The van der Waals surface area contributed by atoms with Crippen molar-refractivity contribution in [2.24, 2.45) is 0 Å². The molecule has 5 nitrogen and oxygen atoms in total. The van der Waals surface area contributed by atoms with E-state index in [9.17, 15) is 9.59 Å². The van der Waals surface area contributed by atoms with E-state index in [1.807, 2.05) is 41.8 Å². The van der Waals surface area contributed by atoms with Gasteiger partial charge in [0.1, 0.15) is 6.10 Å². The number of nitrogens with one attached hydrogen (secondary N) is 2. The van der Waals surface area contributed by atoms with Crippen molar-refractivity contribution in [3.8, 4) is 0 Å². The third-order valence-corrected chi connectivity index (χ3v) is 4.04. The zero-order valence-corrected chi connectivity index (χ0v) is 13.8. The summed E-state index contributed by atoms with van der Waals surface area (Å²) >= 11 is 1.39. The Labute approximate surface area is 139 Å². The minimum absolute atomic E-state index is 0.123. The van der Waals surface area contributed by atoms with Gasteiger partial charge in [0.05, 0.1) is 11.5 Å². The predicted molar refractivity (Wildman–Crippen MR) is 90.4 cm³/mol. The fourth-order valence-corrected chi connectivity index (χ4v) is 2.51. The molecule has 0 aliphatic carbocycles. The van der Waals surface area contributed by atoms with Crippen molar-refractivity contribution in [3.05, 3.63) is 58.3 Å². The van der Waals surface area contributed by atoms with Crippen molar-refractivity contribution >= 4 is 23.2 Å². The first-order chi connectivity index (χ1) is 11.2. The Balaban J connectivity index is 1.61. The molecule has 0 aliphatic rings. The van der Waals surface area contributed by atoms with Crippen LogP contribution < -0.4 is 10.6 Å². The smallest absolute Gasteiger partial charge is 0.261 e. The lowest BCUT2D eigenvalue weighted by atomic mass is 10.2. The van der Waals surface area contributed by atoms with Gasteiger partial charge in [0.25, 0.3) is 5.91 Å². The molecule has 1 heterocycles. The van der Waals surface area contributed by atoms with Gasteiger partial charge < -0.3 is 15.4 Å². The van der Waals surface area contributed by atoms with E-state index in [2.05, 4.69) is 10.6 Å². The highest BCUT2D eigenvalue weighted by Crippen LogP contribution is 2.07. The van der Waals surface area contributed by atoms with Crippen molar-refractivity contribution in [2.45, 2.75) is 19.6 Å². The average molecular weight is 332 g/mol. The molecule has 1 atom stereocenters. The Kier molecular flexibility index (Phi) is 6.77. The molecule has 2 amide bonds. The van der Waals surface area contributed by atoms with Crippen LogP contribution in [-0.2, 0) is 16.1 Å². The van der Waals surface area contributed by atoms with E-state index in [0.29, 0.717) is 24.6 Å². The molecule has 122 valence electrons. The van der Waals surface area contributed by atoms with Gasteiger partial charge in [-0.3, -0.25) is 9.59 Å². The third-order valence-electron chi connectivity index (χ3n) is 3.17. The molecule has 1 aromatic heterocycles. The van der Waals surface area contributed by atoms with Gasteiger partial charge in [0.2, 0.25) is 5.91 Å². The molecule has 2 aromatic rings. The van der Waals surface area contributed by atoms with E-state index >= 15 is 0 Å². The number of amides is 2. The van der Waals surface area contributed by atoms with E-state index < -0.39 is 6.10 Å². The number of hydrogen-bond donors (Lipinski definition) is 2. The minimum atomic E-state index is -0.539. The molecule has 0 saturated carbocycles.